The molecule has 0 aliphatic carbocycles. The number of pyridine rings is 2. The normalized spacial score (nSPS) is 15.3. The molecule has 1 unspecified atom stereocenters. The van der Waals surface area contributed by atoms with E-state index in [2.05, 4.69) is 30.7 Å². The lowest BCUT2D eigenvalue weighted by atomic mass is 10.2. The molecule has 0 saturated carbocycles. The molecule has 1 aliphatic heterocycles. The second kappa shape index (κ2) is 11.0. The summed E-state index contributed by atoms with van der Waals surface area (Å²) in [4.78, 5) is 23.3. The van der Waals surface area contributed by atoms with Crippen LogP contribution in [0.25, 0.3) is 0 Å². The predicted molar refractivity (Wildman–Crippen MR) is 137 cm³/mol. The van der Waals surface area contributed by atoms with Crippen LogP contribution in [0.2, 0.25) is 0 Å². The van der Waals surface area contributed by atoms with E-state index in [1.165, 1.54) is 30.5 Å². The Morgan fingerprint density at radius 3 is 2.58 bits per heavy atom. The van der Waals surface area contributed by atoms with E-state index in [4.69, 9.17) is 23.8 Å². The van der Waals surface area contributed by atoms with Crippen molar-refractivity contribution >= 4 is 57.7 Å². The van der Waals surface area contributed by atoms with Crippen LogP contribution in [0.3, 0.4) is 0 Å². The number of hydrogen-bond acceptors (Lipinski definition) is 7. The van der Waals surface area contributed by atoms with Crippen molar-refractivity contribution in [2.75, 3.05) is 33.9 Å². The van der Waals surface area contributed by atoms with Gasteiger partial charge in [-0.1, -0.05) is 0 Å². The summed E-state index contributed by atoms with van der Waals surface area (Å²) >= 11 is 10.2. The van der Waals surface area contributed by atoms with Crippen LogP contribution in [0, 0.1) is 0 Å². The maximum absolute atomic E-state index is 12.9. The molecule has 2 aromatic heterocycles. The Bertz CT molecular complexity index is 1230. The quantitative estimate of drug-likeness (QED) is 0.261. The average molecular weight is 535 g/mol. The minimum absolute atomic E-state index is 0.159. The summed E-state index contributed by atoms with van der Waals surface area (Å²) in [5, 5.41) is 19.0. The first-order chi connectivity index (χ1) is 17.2. The Hall–Kier alpha value is -3.61. The molecule has 3 heterocycles. The number of β-amino-alcohol motifs (C(OH)–C–C–N with tert-alkyl or cyclic N) is 1. The van der Waals surface area contributed by atoms with Gasteiger partial charge in [0, 0.05) is 42.8 Å². The number of alkyl halides is 3. The van der Waals surface area contributed by atoms with Gasteiger partial charge in [-0.05, 0) is 61.1 Å². The van der Waals surface area contributed by atoms with Crippen molar-refractivity contribution in [1.29, 1.82) is 0 Å². The van der Waals surface area contributed by atoms with Crippen molar-refractivity contribution in [3.63, 3.8) is 0 Å². The zero-order chi connectivity index (χ0) is 25.7. The molecule has 0 radical (unpaired) electrons. The Labute approximate surface area is 215 Å². The van der Waals surface area contributed by atoms with Crippen LogP contribution in [0.1, 0.15) is 16.8 Å². The van der Waals surface area contributed by atoms with Crippen LogP contribution in [-0.4, -0.2) is 50.9 Å². The molecular weight excluding hydrogens is 514 g/mol. The van der Waals surface area contributed by atoms with Gasteiger partial charge in [0.1, 0.15) is 5.75 Å². The molecule has 9 nitrogen and oxygen atoms in total. The number of thiocarbonyl (C=S) groups is 1. The van der Waals surface area contributed by atoms with Gasteiger partial charge in [0.2, 0.25) is 0 Å². The smallest absolute Gasteiger partial charge is 0.420 e. The SMILES string of the molecule is O=C(Nc1ccc(OC(F)(F)Cl)cc1)c1cnc(N2CCC(O)C2)c(NC(=S)Nc2cccnc2)c1. The van der Waals surface area contributed by atoms with Crippen molar-refractivity contribution in [3.8, 4) is 5.75 Å². The van der Waals surface area contributed by atoms with E-state index < -0.39 is 17.6 Å². The summed E-state index contributed by atoms with van der Waals surface area (Å²) < 4.78 is 29.8. The highest BCUT2D eigenvalue weighted by atomic mass is 35.5. The fraction of sp³-hybridized carbons (Fsp3) is 0.217. The molecular formula is C23H21ClF2N6O3S. The lowest BCUT2D eigenvalue weighted by Gasteiger charge is -2.22. The van der Waals surface area contributed by atoms with Gasteiger partial charge in [-0.3, -0.25) is 9.78 Å². The number of aromatic nitrogens is 2. The number of rotatable bonds is 7. The minimum Gasteiger partial charge on any atom is -0.420 e. The van der Waals surface area contributed by atoms with Crippen LogP contribution in [-0.2, 0) is 0 Å². The van der Waals surface area contributed by atoms with Crippen LogP contribution >= 0.6 is 23.8 Å². The molecule has 1 saturated heterocycles. The molecule has 1 amide bonds. The number of ether oxygens (including phenoxy) is 1. The third-order valence-electron chi connectivity index (χ3n) is 5.11. The molecule has 188 valence electrons. The van der Waals surface area contributed by atoms with E-state index in [9.17, 15) is 18.7 Å². The van der Waals surface area contributed by atoms with E-state index in [1.807, 2.05) is 4.90 Å². The number of carbonyl (C=O) groups excluding carboxylic acids is 1. The lowest BCUT2D eigenvalue weighted by molar-refractivity contribution is -0.0964. The number of anilines is 4. The van der Waals surface area contributed by atoms with E-state index in [-0.39, 0.29) is 16.4 Å². The van der Waals surface area contributed by atoms with Gasteiger partial charge >= 0.3 is 5.57 Å². The van der Waals surface area contributed by atoms with E-state index in [0.29, 0.717) is 42.4 Å². The monoisotopic (exact) mass is 534 g/mol. The molecule has 4 N–H and O–H groups in total. The van der Waals surface area contributed by atoms with Gasteiger partial charge in [-0.15, -0.1) is 8.78 Å². The highest BCUT2D eigenvalue weighted by molar-refractivity contribution is 7.80. The van der Waals surface area contributed by atoms with Gasteiger partial charge < -0.3 is 30.7 Å². The van der Waals surface area contributed by atoms with E-state index in [0.717, 1.165) is 0 Å². The van der Waals surface area contributed by atoms with Crippen LogP contribution < -0.4 is 25.6 Å². The predicted octanol–water partition coefficient (Wildman–Crippen LogP) is 4.28. The summed E-state index contributed by atoms with van der Waals surface area (Å²) in [6, 6.07) is 10.4. The maximum Gasteiger partial charge on any atom is 0.487 e. The van der Waals surface area contributed by atoms with Gasteiger partial charge in [0.25, 0.3) is 5.91 Å². The number of halogens is 3. The number of aliphatic hydroxyl groups is 1. The summed E-state index contributed by atoms with van der Waals surface area (Å²) in [7, 11) is 0. The number of nitrogens with zero attached hydrogens (tertiary/aromatic N) is 3. The molecule has 1 aromatic carbocycles. The number of aliphatic hydroxyl groups excluding tert-OH is 1. The van der Waals surface area contributed by atoms with Crippen LogP contribution in [0.15, 0.2) is 61.1 Å². The summed E-state index contributed by atoms with van der Waals surface area (Å²) in [5.41, 5.74) is -2.13. The van der Waals surface area contributed by atoms with Crippen molar-refractivity contribution in [3.05, 3.63) is 66.6 Å². The molecule has 1 fully saturated rings. The Balaban J connectivity index is 1.51. The van der Waals surface area contributed by atoms with Crippen molar-refractivity contribution < 1.29 is 23.4 Å². The van der Waals surface area contributed by atoms with Crippen molar-refractivity contribution in [2.24, 2.45) is 0 Å². The van der Waals surface area contributed by atoms with Crippen LogP contribution in [0.4, 0.5) is 31.7 Å². The Morgan fingerprint density at radius 2 is 1.94 bits per heavy atom. The molecule has 4 rings (SSSR count). The number of nitrogens with one attached hydrogen (secondary N) is 3. The van der Waals surface area contributed by atoms with Crippen molar-refractivity contribution in [2.45, 2.75) is 18.1 Å². The average Bonchev–Trinajstić information content (AvgIpc) is 3.26. The zero-order valence-corrected chi connectivity index (χ0v) is 20.2. The van der Waals surface area contributed by atoms with Gasteiger partial charge in [-0.25, -0.2) is 4.98 Å². The second-order valence-corrected chi connectivity index (χ2v) is 8.68. The standard InChI is InChI=1S/C23H21ClF2N6O3S/c24-23(25,26)35-18-5-3-15(4-6-18)29-21(34)14-10-19(20(28-11-14)32-9-7-17(33)13-32)31-22(36)30-16-2-1-8-27-12-16/h1-6,8,10-12,17,33H,7,9,13H2,(H,29,34)(H2,30,31,36). The lowest BCUT2D eigenvalue weighted by Crippen LogP contribution is -2.26. The highest BCUT2D eigenvalue weighted by Crippen LogP contribution is 2.29. The van der Waals surface area contributed by atoms with Crippen LogP contribution in [0.5, 0.6) is 5.75 Å². The van der Waals surface area contributed by atoms with Crippen molar-refractivity contribution in [1.82, 2.24) is 9.97 Å². The fourth-order valence-electron chi connectivity index (χ4n) is 3.52. The molecule has 0 spiro atoms. The maximum atomic E-state index is 12.9. The number of hydrogen-bond donors (Lipinski definition) is 4. The first-order valence-electron chi connectivity index (χ1n) is 10.7. The Morgan fingerprint density at radius 1 is 1.17 bits per heavy atom. The van der Waals surface area contributed by atoms with Gasteiger partial charge in [0.15, 0.2) is 10.9 Å². The first-order valence-corrected chi connectivity index (χ1v) is 11.5. The second-order valence-electron chi connectivity index (χ2n) is 7.83. The topological polar surface area (TPSA) is 112 Å². The number of amides is 1. The van der Waals surface area contributed by atoms with Gasteiger partial charge in [-0.2, -0.15) is 0 Å². The third kappa shape index (κ3) is 6.97. The summed E-state index contributed by atoms with van der Waals surface area (Å²) in [6.45, 7) is 0.985. The first kappa shape index (κ1) is 25.5. The molecule has 0 bridgehead atoms. The van der Waals surface area contributed by atoms with E-state index in [1.54, 1.807) is 30.6 Å². The molecule has 36 heavy (non-hydrogen) atoms. The summed E-state index contributed by atoms with van der Waals surface area (Å²) in [5.74, 6) is -0.115. The zero-order valence-electron chi connectivity index (χ0n) is 18.6. The highest BCUT2D eigenvalue weighted by Gasteiger charge is 2.27. The Kier molecular flexibility index (Phi) is 7.77. The van der Waals surface area contributed by atoms with E-state index >= 15 is 0 Å². The minimum atomic E-state index is -3.83. The number of carbonyl (C=O) groups is 1. The summed E-state index contributed by atoms with van der Waals surface area (Å²) in [6.07, 6.45) is 4.77. The third-order valence-corrected chi connectivity index (χ3v) is 5.39. The van der Waals surface area contributed by atoms with Gasteiger partial charge in [0.05, 0.1) is 29.2 Å². The fourth-order valence-corrected chi connectivity index (χ4v) is 3.84. The molecule has 1 atom stereocenters. The molecule has 13 heteroatoms. The molecule has 1 aliphatic rings. The number of benzene rings is 1. The largest absolute Gasteiger partial charge is 0.487 e. The molecule has 3 aromatic rings.